The molecule has 1 aromatic heterocycles. The Morgan fingerprint density at radius 1 is 1.47 bits per heavy atom. The number of aromatic amines is 1. The fourth-order valence-electron chi connectivity index (χ4n) is 1.57. The molecule has 17 heavy (non-hydrogen) atoms. The van der Waals surface area contributed by atoms with Crippen molar-refractivity contribution in [1.82, 2.24) is 20.1 Å². The maximum atomic E-state index is 11.5. The van der Waals surface area contributed by atoms with Crippen molar-refractivity contribution in [2.75, 3.05) is 6.54 Å². The van der Waals surface area contributed by atoms with Gasteiger partial charge >= 0.3 is 5.69 Å². The molecule has 0 bridgehead atoms. The van der Waals surface area contributed by atoms with Crippen LogP contribution in [0.2, 0.25) is 0 Å². The van der Waals surface area contributed by atoms with Gasteiger partial charge in [-0.1, -0.05) is 32.5 Å². The molecular weight excluding hydrogens is 236 g/mol. The van der Waals surface area contributed by atoms with Crippen LogP contribution in [-0.2, 0) is 6.54 Å². The van der Waals surface area contributed by atoms with Crippen molar-refractivity contribution < 1.29 is 0 Å². The smallest absolute Gasteiger partial charge is 0.313 e. The number of hydrogen-bond donors (Lipinski definition) is 2. The van der Waals surface area contributed by atoms with Crippen LogP contribution in [0.15, 0.2) is 9.95 Å². The summed E-state index contributed by atoms with van der Waals surface area (Å²) in [6, 6.07) is 0.395. The maximum absolute atomic E-state index is 11.5. The van der Waals surface area contributed by atoms with Crippen LogP contribution in [0.5, 0.6) is 0 Å². The number of nitrogens with one attached hydrogen (secondary N) is 2. The molecule has 1 heterocycles. The Bertz CT molecular complexity index is 387. The molecule has 0 aliphatic heterocycles. The zero-order valence-corrected chi connectivity index (χ0v) is 11.8. The molecule has 0 fully saturated rings. The van der Waals surface area contributed by atoms with E-state index >= 15 is 0 Å². The van der Waals surface area contributed by atoms with Gasteiger partial charge in [0.25, 0.3) is 0 Å². The van der Waals surface area contributed by atoms with E-state index < -0.39 is 0 Å². The van der Waals surface area contributed by atoms with Gasteiger partial charge in [0.2, 0.25) is 0 Å². The van der Waals surface area contributed by atoms with Crippen molar-refractivity contribution in [3.63, 3.8) is 0 Å². The van der Waals surface area contributed by atoms with E-state index in [9.17, 15) is 4.79 Å². The molecule has 2 N–H and O–H groups in total. The highest BCUT2D eigenvalue weighted by molar-refractivity contribution is 7.99. The second-order valence-corrected chi connectivity index (χ2v) is 5.48. The molecule has 98 valence electrons. The summed E-state index contributed by atoms with van der Waals surface area (Å²) in [5.41, 5.74) is -0.113. The molecule has 0 radical (unpaired) electrons. The molecule has 2 atom stereocenters. The number of rotatable bonds is 7. The number of hydrogen-bond acceptors (Lipinski definition) is 4. The number of aromatic nitrogens is 3. The Morgan fingerprint density at radius 2 is 2.18 bits per heavy atom. The van der Waals surface area contributed by atoms with Gasteiger partial charge in [-0.3, -0.25) is 4.57 Å². The molecule has 0 aliphatic carbocycles. The molecule has 6 heteroatoms. The standard InChI is InChI=1S/C11H22N4OS/c1-5-7-15-10(16)13-14-11(15)17-9(4)8(3)12-6-2/h8-9,12H,5-7H2,1-4H3,(H,13,16). The van der Waals surface area contributed by atoms with E-state index in [1.807, 2.05) is 0 Å². The van der Waals surface area contributed by atoms with Crippen LogP contribution in [-0.4, -0.2) is 32.6 Å². The third-order valence-electron chi connectivity index (χ3n) is 2.69. The lowest BCUT2D eigenvalue weighted by Gasteiger charge is -2.19. The van der Waals surface area contributed by atoms with Gasteiger partial charge in [-0.25, -0.2) is 9.89 Å². The first kappa shape index (κ1) is 14.3. The Labute approximate surface area is 106 Å². The van der Waals surface area contributed by atoms with E-state index in [0.717, 1.165) is 24.7 Å². The van der Waals surface area contributed by atoms with Gasteiger partial charge in [0.1, 0.15) is 0 Å². The van der Waals surface area contributed by atoms with Crippen molar-refractivity contribution in [3.8, 4) is 0 Å². The van der Waals surface area contributed by atoms with Crippen LogP contribution in [0.3, 0.4) is 0 Å². The Kier molecular flexibility index (Phi) is 5.77. The van der Waals surface area contributed by atoms with Gasteiger partial charge < -0.3 is 5.32 Å². The fourth-order valence-corrected chi connectivity index (χ4v) is 2.60. The average Bonchev–Trinajstić information content (AvgIpc) is 2.62. The first-order valence-corrected chi connectivity index (χ1v) is 7.03. The van der Waals surface area contributed by atoms with E-state index in [1.54, 1.807) is 16.3 Å². The lowest BCUT2D eigenvalue weighted by atomic mass is 10.2. The zero-order chi connectivity index (χ0) is 12.8. The zero-order valence-electron chi connectivity index (χ0n) is 11.0. The van der Waals surface area contributed by atoms with Crippen LogP contribution in [0, 0.1) is 0 Å². The monoisotopic (exact) mass is 258 g/mol. The van der Waals surface area contributed by atoms with E-state index in [0.29, 0.717) is 11.3 Å². The predicted octanol–water partition coefficient (Wildman–Crippen LogP) is 1.46. The normalized spacial score (nSPS) is 14.8. The minimum Gasteiger partial charge on any atom is -0.313 e. The van der Waals surface area contributed by atoms with E-state index in [-0.39, 0.29) is 5.69 Å². The molecular formula is C11H22N4OS. The fraction of sp³-hybridized carbons (Fsp3) is 0.818. The van der Waals surface area contributed by atoms with Crippen LogP contribution in [0.4, 0.5) is 0 Å². The van der Waals surface area contributed by atoms with Crippen molar-refractivity contribution in [1.29, 1.82) is 0 Å². The minimum atomic E-state index is -0.113. The summed E-state index contributed by atoms with van der Waals surface area (Å²) in [6.07, 6.45) is 0.935. The largest absolute Gasteiger partial charge is 0.343 e. The van der Waals surface area contributed by atoms with Gasteiger partial charge in [-0.15, -0.1) is 5.10 Å². The molecule has 0 amide bonds. The highest BCUT2D eigenvalue weighted by Gasteiger charge is 2.16. The SMILES string of the molecule is CCCn1c(SC(C)C(C)NCC)n[nH]c1=O. The molecule has 0 saturated heterocycles. The number of thioether (sulfide) groups is 1. The van der Waals surface area contributed by atoms with Crippen molar-refractivity contribution in [2.24, 2.45) is 0 Å². The molecule has 2 unspecified atom stereocenters. The third-order valence-corrected chi connectivity index (χ3v) is 3.99. The highest BCUT2D eigenvalue weighted by Crippen LogP contribution is 2.22. The molecule has 5 nitrogen and oxygen atoms in total. The van der Waals surface area contributed by atoms with Gasteiger partial charge in [0.05, 0.1) is 0 Å². The van der Waals surface area contributed by atoms with Crippen LogP contribution >= 0.6 is 11.8 Å². The van der Waals surface area contributed by atoms with Crippen LogP contribution in [0.25, 0.3) is 0 Å². The average molecular weight is 258 g/mol. The molecule has 1 rings (SSSR count). The topological polar surface area (TPSA) is 62.7 Å². The lowest BCUT2D eigenvalue weighted by Crippen LogP contribution is -2.33. The van der Waals surface area contributed by atoms with E-state index in [4.69, 9.17) is 0 Å². The van der Waals surface area contributed by atoms with E-state index in [1.165, 1.54) is 0 Å². The Hall–Kier alpha value is -0.750. The summed E-state index contributed by atoms with van der Waals surface area (Å²) in [5.74, 6) is 0. The van der Waals surface area contributed by atoms with E-state index in [2.05, 4.69) is 43.2 Å². The summed E-state index contributed by atoms with van der Waals surface area (Å²) in [6.45, 7) is 10.1. The predicted molar refractivity (Wildman–Crippen MR) is 71.6 cm³/mol. The molecule has 0 spiro atoms. The molecule has 0 aromatic carbocycles. The van der Waals surface area contributed by atoms with Crippen molar-refractivity contribution in [2.45, 2.75) is 57.1 Å². The second kappa shape index (κ2) is 6.86. The first-order valence-electron chi connectivity index (χ1n) is 6.15. The summed E-state index contributed by atoms with van der Waals surface area (Å²) < 4.78 is 1.71. The summed E-state index contributed by atoms with van der Waals surface area (Å²) in [4.78, 5) is 11.5. The second-order valence-electron chi connectivity index (χ2n) is 4.13. The highest BCUT2D eigenvalue weighted by atomic mass is 32.2. The summed E-state index contributed by atoms with van der Waals surface area (Å²) in [5, 5.41) is 11.1. The first-order chi connectivity index (χ1) is 8.10. The summed E-state index contributed by atoms with van der Waals surface area (Å²) in [7, 11) is 0. The quantitative estimate of drug-likeness (QED) is 0.727. The third kappa shape index (κ3) is 3.89. The van der Waals surface area contributed by atoms with Gasteiger partial charge in [0, 0.05) is 17.8 Å². The molecule has 0 aliphatic rings. The van der Waals surface area contributed by atoms with Crippen LogP contribution in [0.1, 0.15) is 34.1 Å². The van der Waals surface area contributed by atoms with Gasteiger partial charge in [0.15, 0.2) is 5.16 Å². The maximum Gasteiger partial charge on any atom is 0.343 e. The Balaban J connectivity index is 2.70. The number of nitrogens with zero attached hydrogens (tertiary/aromatic N) is 2. The lowest BCUT2D eigenvalue weighted by molar-refractivity contribution is 0.557. The van der Waals surface area contributed by atoms with Gasteiger partial charge in [-0.2, -0.15) is 0 Å². The Morgan fingerprint density at radius 3 is 2.76 bits per heavy atom. The van der Waals surface area contributed by atoms with Crippen LogP contribution < -0.4 is 11.0 Å². The molecule has 1 aromatic rings. The van der Waals surface area contributed by atoms with Crippen molar-refractivity contribution >= 4 is 11.8 Å². The minimum absolute atomic E-state index is 0.113. The number of H-pyrrole nitrogens is 1. The molecule has 0 saturated carbocycles. The van der Waals surface area contributed by atoms with Gasteiger partial charge in [-0.05, 0) is 19.9 Å². The summed E-state index contributed by atoms with van der Waals surface area (Å²) >= 11 is 1.64. The van der Waals surface area contributed by atoms with Crippen molar-refractivity contribution in [3.05, 3.63) is 10.5 Å².